The van der Waals surface area contributed by atoms with Gasteiger partial charge in [0.15, 0.2) is 11.5 Å². The maximum atomic E-state index is 12.4. The molecule has 0 aliphatic carbocycles. The molecule has 3 rings (SSSR count). The van der Waals surface area contributed by atoms with Gasteiger partial charge in [0.1, 0.15) is 19.0 Å². The lowest BCUT2D eigenvalue weighted by Gasteiger charge is -2.20. The summed E-state index contributed by atoms with van der Waals surface area (Å²) in [6, 6.07) is 5.47. The zero-order chi connectivity index (χ0) is 17.1. The normalized spacial score (nSPS) is 14.3. The monoisotopic (exact) mass is 349 g/mol. The summed E-state index contributed by atoms with van der Waals surface area (Å²) in [6.45, 7) is 5.13. The molecule has 7 heteroatoms. The molecular weight excluding hydrogens is 330 g/mol. The molecule has 1 aliphatic rings. The number of fused-ring (bicyclic) bond motifs is 1. The van der Waals surface area contributed by atoms with Gasteiger partial charge >= 0.3 is 0 Å². The molecule has 0 fully saturated rings. The van der Waals surface area contributed by atoms with Crippen LogP contribution >= 0.6 is 11.6 Å². The molecule has 1 amide bonds. The Labute approximate surface area is 145 Å². The Morgan fingerprint density at radius 3 is 2.79 bits per heavy atom. The van der Waals surface area contributed by atoms with Crippen LogP contribution in [0.2, 0.25) is 5.02 Å². The van der Waals surface area contributed by atoms with Gasteiger partial charge in [-0.25, -0.2) is 4.68 Å². The van der Waals surface area contributed by atoms with Gasteiger partial charge in [0.05, 0.1) is 18.7 Å². The number of carbonyl (C=O) groups excluding carboxylic acids is 1. The van der Waals surface area contributed by atoms with E-state index in [4.69, 9.17) is 21.1 Å². The molecule has 128 valence electrons. The number of hydrogen-bond acceptors (Lipinski definition) is 4. The molecule has 1 aromatic carbocycles. The molecule has 2 aromatic rings. The number of benzene rings is 1. The second-order valence-electron chi connectivity index (χ2n) is 5.73. The average molecular weight is 350 g/mol. The van der Waals surface area contributed by atoms with E-state index >= 15 is 0 Å². The largest absolute Gasteiger partial charge is 0.486 e. The predicted octanol–water partition coefficient (Wildman–Crippen LogP) is 3.46. The molecule has 1 aliphatic heterocycles. The van der Waals surface area contributed by atoms with Crippen LogP contribution in [0.25, 0.3) is 0 Å². The van der Waals surface area contributed by atoms with Crippen LogP contribution in [0, 0.1) is 0 Å². The first-order valence-electron chi connectivity index (χ1n) is 8.00. The molecular formula is C17H20ClN3O3. The fourth-order valence-corrected chi connectivity index (χ4v) is 2.76. The molecule has 6 nitrogen and oxygen atoms in total. The maximum Gasteiger partial charge on any atom is 0.229 e. The molecule has 0 spiro atoms. The highest BCUT2D eigenvalue weighted by molar-refractivity contribution is 6.31. The SMILES string of the molecule is CCC(C)n1nccc1NC(=O)Cc1cc2c(cc1Cl)OCCO2. The van der Waals surface area contributed by atoms with Crippen molar-refractivity contribution in [3.63, 3.8) is 0 Å². The van der Waals surface area contributed by atoms with Crippen LogP contribution < -0.4 is 14.8 Å². The summed E-state index contributed by atoms with van der Waals surface area (Å²) in [5.41, 5.74) is 0.702. The van der Waals surface area contributed by atoms with Crippen LogP contribution in [0.4, 0.5) is 5.82 Å². The van der Waals surface area contributed by atoms with Crippen molar-refractivity contribution in [1.82, 2.24) is 9.78 Å². The molecule has 1 atom stereocenters. The number of nitrogens with one attached hydrogen (secondary N) is 1. The summed E-state index contributed by atoms with van der Waals surface area (Å²) < 4.78 is 12.8. The fraction of sp³-hybridized carbons (Fsp3) is 0.412. The standard InChI is InChI=1S/C17H20ClN3O3/c1-3-11(2)21-16(4-5-19-21)20-17(22)9-12-8-14-15(10-13(12)18)24-7-6-23-14/h4-5,8,10-11H,3,6-7,9H2,1-2H3,(H,20,22). The lowest BCUT2D eigenvalue weighted by atomic mass is 10.1. The first kappa shape index (κ1) is 16.6. The summed E-state index contributed by atoms with van der Waals surface area (Å²) in [5.74, 6) is 1.77. The smallest absolute Gasteiger partial charge is 0.229 e. The highest BCUT2D eigenvalue weighted by Gasteiger charge is 2.18. The quantitative estimate of drug-likeness (QED) is 0.897. The van der Waals surface area contributed by atoms with Crippen molar-refractivity contribution in [2.75, 3.05) is 18.5 Å². The lowest BCUT2D eigenvalue weighted by molar-refractivity contribution is -0.115. The van der Waals surface area contributed by atoms with Crippen molar-refractivity contribution in [3.8, 4) is 11.5 Å². The van der Waals surface area contributed by atoms with Crippen molar-refractivity contribution in [2.24, 2.45) is 0 Å². The lowest BCUT2D eigenvalue weighted by Crippen LogP contribution is -2.20. The third-order valence-electron chi connectivity index (χ3n) is 4.01. The molecule has 24 heavy (non-hydrogen) atoms. The Balaban J connectivity index is 1.73. The minimum Gasteiger partial charge on any atom is -0.486 e. The second kappa shape index (κ2) is 7.13. The van der Waals surface area contributed by atoms with E-state index in [9.17, 15) is 4.79 Å². The summed E-state index contributed by atoms with van der Waals surface area (Å²) in [5, 5.41) is 7.64. The Kier molecular flexibility index (Phi) is 4.94. The van der Waals surface area contributed by atoms with Crippen molar-refractivity contribution in [3.05, 3.63) is 35.0 Å². The van der Waals surface area contributed by atoms with Gasteiger partial charge < -0.3 is 14.8 Å². The van der Waals surface area contributed by atoms with Crippen molar-refractivity contribution in [2.45, 2.75) is 32.7 Å². The van der Waals surface area contributed by atoms with Crippen LogP contribution in [-0.4, -0.2) is 28.9 Å². The van der Waals surface area contributed by atoms with Crippen LogP contribution in [-0.2, 0) is 11.2 Å². The molecule has 0 radical (unpaired) electrons. The van der Waals surface area contributed by atoms with Crippen molar-refractivity contribution in [1.29, 1.82) is 0 Å². The van der Waals surface area contributed by atoms with Gasteiger partial charge in [-0.1, -0.05) is 18.5 Å². The third kappa shape index (κ3) is 3.48. The van der Waals surface area contributed by atoms with Crippen LogP contribution in [0.3, 0.4) is 0 Å². The highest BCUT2D eigenvalue weighted by atomic mass is 35.5. The van der Waals surface area contributed by atoms with E-state index in [0.29, 0.717) is 41.1 Å². The minimum absolute atomic E-state index is 0.154. The molecule has 0 saturated carbocycles. The van der Waals surface area contributed by atoms with Gasteiger partial charge in [0.2, 0.25) is 5.91 Å². The van der Waals surface area contributed by atoms with Gasteiger partial charge in [-0.05, 0) is 25.0 Å². The highest BCUT2D eigenvalue weighted by Crippen LogP contribution is 2.35. The fourth-order valence-electron chi connectivity index (χ4n) is 2.54. The summed E-state index contributed by atoms with van der Waals surface area (Å²) in [7, 11) is 0. The van der Waals surface area contributed by atoms with Gasteiger partial charge in [-0.3, -0.25) is 4.79 Å². The number of halogens is 1. The minimum atomic E-state index is -0.154. The van der Waals surface area contributed by atoms with E-state index < -0.39 is 0 Å². The molecule has 1 N–H and O–H groups in total. The van der Waals surface area contributed by atoms with Gasteiger partial charge in [0.25, 0.3) is 0 Å². The van der Waals surface area contributed by atoms with E-state index in [-0.39, 0.29) is 18.4 Å². The summed E-state index contributed by atoms with van der Waals surface area (Å²) >= 11 is 6.26. The van der Waals surface area contributed by atoms with Crippen LogP contribution in [0.5, 0.6) is 11.5 Å². The van der Waals surface area contributed by atoms with E-state index in [1.165, 1.54) is 0 Å². The number of anilines is 1. The molecule has 1 unspecified atom stereocenters. The molecule has 2 heterocycles. The molecule has 0 saturated heterocycles. The van der Waals surface area contributed by atoms with Crippen LogP contribution in [0.1, 0.15) is 31.9 Å². The van der Waals surface area contributed by atoms with Crippen molar-refractivity contribution >= 4 is 23.3 Å². The number of hydrogen-bond donors (Lipinski definition) is 1. The maximum absolute atomic E-state index is 12.4. The third-order valence-corrected chi connectivity index (χ3v) is 4.36. The number of ether oxygens (including phenoxy) is 2. The first-order chi connectivity index (χ1) is 11.6. The Bertz CT molecular complexity index is 745. The number of nitrogens with zero attached hydrogens (tertiary/aromatic N) is 2. The molecule has 1 aromatic heterocycles. The van der Waals surface area contributed by atoms with Crippen molar-refractivity contribution < 1.29 is 14.3 Å². The van der Waals surface area contributed by atoms with E-state index in [1.54, 1.807) is 24.4 Å². The number of aromatic nitrogens is 2. The Morgan fingerprint density at radius 2 is 2.08 bits per heavy atom. The van der Waals surface area contributed by atoms with Gasteiger partial charge in [-0.2, -0.15) is 5.10 Å². The second-order valence-corrected chi connectivity index (χ2v) is 6.14. The summed E-state index contributed by atoms with van der Waals surface area (Å²) in [4.78, 5) is 12.4. The van der Waals surface area contributed by atoms with E-state index in [2.05, 4.69) is 24.3 Å². The van der Waals surface area contributed by atoms with Crippen LogP contribution in [0.15, 0.2) is 24.4 Å². The summed E-state index contributed by atoms with van der Waals surface area (Å²) in [6.07, 6.45) is 2.76. The molecule has 0 bridgehead atoms. The first-order valence-corrected chi connectivity index (χ1v) is 8.37. The number of amides is 1. The van der Waals surface area contributed by atoms with E-state index in [1.807, 2.05) is 4.68 Å². The van der Waals surface area contributed by atoms with Gasteiger partial charge in [-0.15, -0.1) is 0 Å². The topological polar surface area (TPSA) is 65.4 Å². The number of carbonyl (C=O) groups is 1. The Morgan fingerprint density at radius 1 is 1.38 bits per heavy atom. The zero-order valence-corrected chi connectivity index (χ0v) is 14.5. The Hall–Kier alpha value is -2.21. The number of rotatable bonds is 5. The van der Waals surface area contributed by atoms with Gasteiger partial charge in [0, 0.05) is 17.2 Å². The zero-order valence-electron chi connectivity index (χ0n) is 13.7. The average Bonchev–Trinajstić information content (AvgIpc) is 3.02. The predicted molar refractivity (Wildman–Crippen MR) is 92.0 cm³/mol. The van der Waals surface area contributed by atoms with E-state index in [0.717, 1.165) is 6.42 Å².